The Morgan fingerprint density at radius 2 is 1.58 bits per heavy atom. The average molecular weight is 178 g/mol. The fraction of sp³-hybridized carbons (Fsp3) is 1.00. The first-order valence-corrected chi connectivity index (χ1v) is 4.46. The minimum absolute atomic E-state index is 0. The SMILES string of the molecule is CCCCC(CC)(CO)CO.O. The van der Waals surface area contributed by atoms with Crippen molar-refractivity contribution >= 4 is 0 Å². The highest BCUT2D eigenvalue weighted by Crippen LogP contribution is 2.27. The lowest BCUT2D eigenvalue weighted by atomic mass is 9.82. The summed E-state index contributed by atoms with van der Waals surface area (Å²) < 4.78 is 0. The highest BCUT2D eigenvalue weighted by atomic mass is 16.3. The molecule has 0 aromatic carbocycles. The predicted octanol–water partition coefficient (Wildman–Crippen LogP) is 0.733. The van der Waals surface area contributed by atoms with Gasteiger partial charge in [-0.1, -0.05) is 26.7 Å². The van der Waals surface area contributed by atoms with Crippen LogP contribution in [0, 0.1) is 5.41 Å². The van der Waals surface area contributed by atoms with E-state index in [1.165, 1.54) is 0 Å². The summed E-state index contributed by atoms with van der Waals surface area (Å²) >= 11 is 0. The average Bonchev–Trinajstić information content (AvgIpc) is 2.08. The van der Waals surface area contributed by atoms with Crippen LogP contribution in [0.3, 0.4) is 0 Å². The summed E-state index contributed by atoms with van der Waals surface area (Å²) in [6.45, 7) is 4.36. The maximum Gasteiger partial charge on any atom is 0.0509 e. The molecule has 0 bridgehead atoms. The van der Waals surface area contributed by atoms with Gasteiger partial charge in [0.15, 0.2) is 0 Å². The van der Waals surface area contributed by atoms with Gasteiger partial charge in [0, 0.05) is 5.41 Å². The molecule has 0 aliphatic rings. The monoisotopic (exact) mass is 178 g/mol. The van der Waals surface area contributed by atoms with Gasteiger partial charge in [0.1, 0.15) is 0 Å². The number of rotatable bonds is 6. The van der Waals surface area contributed by atoms with E-state index >= 15 is 0 Å². The van der Waals surface area contributed by atoms with E-state index in [1.54, 1.807) is 0 Å². The highest BCUT2D eigenvalue weighted by molar-refractivity contribution is 4.75. The van der Waals surface area contributed by atoms with Gasteiger partial charge < -0.3 is 15.7 Å². The Bertz CT molecular complexity index is 81.5. The molecule has 3 nitrogen and oxygen atoms in total. The van der Waals surface area contributed by atoms with Crippen molar-refractivity contribution in [3.8, 4) is 0 Å². The first kappa shape index (κ1) is 14.4. The second kappa shape index (κ2) is 7.53. The quantitative estimate of drug-likeness (QED) is 0.629. The Morgan fingerprint density at radius 3 is 1.83 bits per heavy atom. The van der Waals surface area contributed by atoms with Crippen molar-refractivity contribution in [3.05, 3.63) is 0 Å². The molecule has 0 unspecified atom stereocenters. The fourth-order valence-corrected chi connectivity index (χ4v) is 1.16. The van der Waals surface area contributed by atoms with Crippen LogP contribution in [0.1, 0.15) is 39.5 Å². The third kappa shape index (κ3) is 4.04. The molecule has 0 aromatic rings. The van der Waals surface area contributed by atoms with Gasteiger partial charge in [-0.25, -0.2) is 0 Å². The molecule has 0 aliphatic carbocycles. The molecule has 0 saturated carbocycles. The zero-order valence-electron chi connectivity index (χ0n) is 8.14. The Morgan fingerprint density at radius 1 is 1.08 bits per heavy atom. The maximum atomic E-state index is 9.04. The molecule has 0 amide bonds. The molecule has 12 heavy (non-hydrogen) atoms. The minimum Gasteiger partial charge on any atom is -0.412 e. The van der Waals surface area contributed by atoms with E-state index in [-0.39, 0.29) is 24.1 Å². The second-order valence-electron chi connectivity index (χ2n) is 3.27. The van der Waals surface area contributed by atoms with E-state index in [1.807, 2.05) is 6.92 Å². The van der Waals surface area contributed by atoms with Crippen LogP contribution in [0.4, 0.5) is 0 Å². The molecule has 0 aromatic heterocycles. The lowest BCUT2D eigenvalue weighted by Crippen LogP contribution is -2.28. The first-order chi connectivity index (χ1) is 5.24. The molecule has 3 heteroatoms. The van der Waals surface area contributed by atoms with Gasteiger partial charge in [0.25, 0.3) is 0 Å². The summed E-state index contributed by atoms with van der Waals surface area (Å²) in [4.78, 5) is 0. The molecule has 4 N–H and O–H groups in total. The third-order valence-electron chi connectivity index (χ3n) is 2.48. The van der Waals surface area contributed by atoms with Crippen LogP contribution in [-0.4, -0.2) is 28.9 Å². The normalized spacial score (nSPS) is 11.0. The molecule has 0 saturated heterocycles. The summed E-state index contributed by atoms with van der Waals surface area (Å²) in [5.41, 5.74) is -0.212. The van der Waals surface area contributed by atoms with Crippen LogP contribution in [0.15, 0.2) is 0 Å². The molecular weight excluding hydrogens is 156 g/mol. The smallest absolute Gasteiger partial charge is 0.0509 e. The summed E-state index contributed by atoms with van der Waals surface area (Å²) in [5, 5.41) is 18.1. The van der Waals surface area contributed by atoms with Gasteiger partial charge >= 0.3 is 0 Å². The van der Waals surface area contributed by atoms with Crippen LogP contribution in [0.25, 0.3) is 0 Å². The molecule has 0 rings (SSSR count). The summed E-state index contributed by atoms with van der Waals surface area (Å²) in [6.07, 6.45) is 4.02. The van der Waals surface area contributed by atoms with Crippen LogP contribution >= 0.6 is 0 Å². The van der Waals surface area contributed by atoms with Crippen LogP contribution in [0.2, 0.25) is 0 Å². The van der Waals surface area contributed by atoms with Crippen molar-refractivity contribution in [2.24, 2.45) is 5.41 Å². The van der Waals surface area contributed by atoms with Gasteiger partial charge in [-0.05, 0) is 12.8 Å². The second-order valence-corrected chi connectivity index (χ2v) is 3.27. The highest BCUT2D eigenvalue weighted by Gasteiger charge is 2.25. The standard InChI is InChI=1S/C9H20O2.H2O/c1-3-5-6-9(4-2,7-10)8-11;/h10-11H,3-8H2,1-2H3;1H2. The minimum atomic E-state index is -0.212. The van der Waals surface area contributed by atoms with Crippen molar-refractivity contribution in [2.75, 3.05) is 13.2 Å². The molecule has 0 aliphatic heterocycles. The summed E-state index contributed by atoms with van der Waals surface area (Å²) in [6, 6.07) is 0. The number of hydrogen-bond donors (Lipinski definition) is 2. The van der Waals surface area contributed by atoms with E-state index < -0.39 is 0 Å². The van der Waals surface area contributed by atoms with E-state index in [0.29, 0.717) is 0 Å². The maximum absolute atomic E-state index is 9.04. The van der Waals surface area contributed by atoms with Crippen molar-refractivity contribution in [2.45, 2.75) is 39.5 Å². The molecule has 0 atom stereocenters. The Kier molecular flexibility index (Phi) is 9.03. The number of aliphatic hydroxyl groups excluding tert-OH is 2. The van der Waals surface area contributed by atoms with E-state index in [9.17, 15) is 0 Å². The van der Waals surface area contributed by atoms with E-state index in [2.05, 4.69) is 6.92 Å². The fourth-order valence-electron chi connectivity index (χ4n) is 1.16. The van der Waals surface area contributed by atoms with Crippen molar-refractivity contribution < 1.29 is 15.7 Å². The van der Waals surface area contributed by atoms with Crippen LogP contribution < -0.4 is 0 Å². The van der Waals surface area contributed by atoms with Gasteiger partial charge in [0.05, 0.1) is 13.2 Å². The largest absolute Gasteiger partial charge is 0.412 e. The van der Waals surface area contributed by atoms with Crippen molar-refractivity contribution in [1.29, 1.82) is 0 Å². The van der Waals surface area contributed by atoms with Crippen LogP contribution in [0.5, 0.6) is 0 Å². The lowest BCUT2D eigenvalue weighted by molar-refractivity contribution is 0.0420. The topological polar surface area (TPSA) is 72.0 Å². The van der Waals surface area contributed by atoms with Crippen molar-refractivity contribution in [3.63, 3.8) is 0 Å². The zero-order valence-corrected chi connectivity index (χ0v) is 8.14. The Labute approximate surface area is 74.7 Å². The third-order valence-corrected chi connectivity index (χ3v) is 2.48. The molecule has 0 fully saturated rings. The number of aliphatic hydroxyl groups is 2. The van der Waals surface area contributed by atoms with Gasteiger partial charge in [-0.3, -0.25) is 0 Å². The summed E-state index contributed by atoms with van der Waals surface area (Å²) in [5.74, 6) is 0. The Balaban J connectivity index is 0. The first-order valence-electron chi connectivity index (χ1n) is 4.46. The predicted molar refractivity (Wildman–Crippen MR) is 50.0 cm³/mol. The molecule has 0 radical (unpaired) electrons. The molecule has 0 spiro atoms. The molecular formula is C9H22O3. The van der Waals surface area contributed by atoms with Crippen LogP contribution in [-0.2, 0) is 0 Å². The molecule has 0 heterocycles. The summed E-state index contributed by atoms with van der Waals surface area (Å²) in [7, 11) is 0. The molecule has 76 valence electrons. The van der Waals surface area contributed by atoms with Crippen molar-refractivity contribution in [1.82, 2.24) is 0 Å². The van der Waals surface area contributed by atoms with E-state index in [4.69, 9.17) is 10.2 Å². The number of unbranched alkanes of at least 4 members (excludes halogenated alkanes) is 1. The van der Waals surface area contributed by atoms with Gasteiger partial charge in [0.2, 0.25) is 0 Å². The zero-order chi connectivity index (χ0) is 8.74. The Hall–Kier alpha value is -0.120. The van der Waals surface area contributed by atoms with Gasteiger partial charge in [-0.15, -0.1) is 0 Å². The van der Waals surface area contributed by atoms with E-state index in [0.717, 1.165) is 25.7 Å². The van der Waals surface area contributed by atoms with Gasteiger partial charge in [-0.2, -0.15) is 0 Å². The lowest BCUT2D eigenvalue weighted by Gasteiger charge is -2.27. The number of hydrogen-bond acceptors (Lipinski definition) is 2.